The van der Waals surface area contributed by atoms with Gasteiger partial charge >= 0.3 is 0 Å². The molecule has 0 amide bonds. The third kappa shape index (κ3) is 4.49. The minimum absolute atomic E-state index is 0.0732. The number of hydrogen-bond donors (Lipinski definition) is 4. The summed E-state index contributed by atoms with van der Waals surface area (Å²) >= 11 is 0. The molecule has 9 nitrogen and oxygen atoms in total. The van der Waals surface area contributed by atoms with Crippen molar-refractivity contribution in [1.29, 1.82) is 0 Å². The number of aromatic amines is 1. The Hall–Kier alpha value is -3.24. The van der Waals surface area contributed by atoms with Gasteiger partial charge in [0.25, 0.3) is 5.56 Å². The van der Waals surface area contributed by atoms with Crippen LogP contribution >= 0.6 is 0 Å². The van der Waals surface area contributed by atoms with Gasteiger partial charge in [-0.1, -0.05) is 18.9 Å². The van der Waals surface area contributed by atoms with E-state index in [0.29, 0.717) is 13.2 Å². The number of nitrogens with one attached hydrogen (secondary N) is 3. The Bertz CT molecular complexity index is 1200. The van der Waals surface area contributed by atoms with Gasteiger partial charge in [-0.25, -0.2) is 14.5 Å². The molecule has 2 atom stereocenters. The number of nitrogens with zero attached hydrogens (tertiary/aromatic N) is 3. The summed E-state index contributed by atoms with van der Waals surface area (Å²) in [4.78, 5) is 19.3. The second-order valence-corrected chi connectivity index (χ2v) is 8.58. The highest BCUT2D eigenvalue weighted by molar-refractivity contribution is 5.94. The Labute approximate surface area is 190 Å². The van der Waals surface area contributed by atoms with Gasteiger partial charge in [-0.2, -0.15) is 5.10 Å². The van der Waals surface area contributed by atoms with Crippen molar-refractivity contribution >= 4 is 33.8 Å². The third-order valence-corrected chi connectivity index (χ3v) is 6.39. The quantitative estimate of drug-likeness (QED) is 0.465. The molecule has 10 heteroatoms. The highest BCUT2D eigenvalue weighted by atomic mass is 19.1. The first-order valence-electron chi connectivity index (χ1n) is 11.4. The molecule has 0 radical (unpaired) electrons. The van der Waals surface area contributed by atoms with Gasteiger partial charge < -0.3 is 26.0 Å². The second-order valence-electron chi connectivity index (χ2n) is 8.58. The third-order valence-electron chi connectivity index (χ3n) is 6.39. The van der Waals surface area contributed by atoms with Crippen molar-refractivity contribution in [3.8, 4) is 0 Å². The maximum Gasteiger partial charge on any atom is 0.275 e. The average Bonchev–Trinajstić information content (AvgIpc) is 2.84. The Morgan fingerprint density at radius 1 is 1.18 bits per heavy atom. The monoisotopic (exact) mass is 453 g/mol. The molecule has 5 rings (SSSR count). The summed E-state index contributed by atoms with van der Waals surface area (Å²) in [5.74, 6) is -0.265. The predicted octanol–water partition coefficient (Wildman–Crippen LogP) is 2.72. The molecule has 0 bridgehead atoms. The van der Waals surface area contributed by atoms with Crippen molar-refractivity contribution in [1.82, 2.24) is 15.2 Å². The maximum absolute atomic E-state index is 15.4. The highest BCUT2D eigenvalue weighted by Crippen LogP contribution is 2.31. The topological polar surface area (TPSA) is 121 Å². The fourth-order valence-electron chi connectivity index (χ4n) is 4.58. The van der Waals surface area contributed by atoms with E-state index in [0.717, 1.165) is 50.1 Å². The van der Waals surface area contributed by atoms with E-state index in [4.69, 9.17) is 10.5 Å². The molecule has 1 aliphatic carbocycles. The summed E-state index contributed by atoms with van der Waals surface area (Å²) in [6, 6.07) is 7.69. The molecule has 1 saturated carbocycles. The summed E-state index contributed by atoms with van der Waals surface area (Å²) in [5, 5.41) is 12.8. The molecule has 174 valence electrons. The number of H-pyrrole nitrogens is 1. The Morgan fingerprint density at radius 2 is 2.00 bits per heavy atom. The number of aromatic nitrogens is 3. The van der Waals surface area contributed by atoms with Crippen LogP contribution in [0.5, 0.6) is 0 Å². The molecule has 5 N–H and O–H groups in total. The molecule has 2 aliphatic rings. The zero-order valence-corrected chi connectivity index (χ0v) is 18.3. The lowest BCUT2D eigenvalue weighted by atomic mass is 9.91. The molecule has 3 heterocycles. The standard InChI is InChI=1S/C23H28FN7O2/c24-20-16-13-26-30-23(32)19(16)21(29-22(20)28-18-7-2-1-6-17(18)25)27-14-4-3-5-15(12-14)31-8-10-33-11-9-31/h3-5,12-13,17-18H,1-2,6-11,25H2,(H,30,32)(H2,27,28,29)/t17-,18+/m0/s1. The Balaban J connectivity index is 1.52. The van der Waals surface area contributed by atoms with Crippen LogP contribution in [-0.4, -0.2) is 53.6 Å². The number of anilines is 4. The van der Waals surface area contributed by atoms with E-state index in [-0.39, 0.29) is 34.5 Å². The molecule has 1 aliphatic heterocycles. The lowest BCUT2D eigenvalue weighted by molar-refractivity contribution is 0.122. The molecule has 3 aromatic rings. The van der Waals surface area contributed by atoms with E-state index in [1.54, 1.807) is 0 Å². The summed E-state index contributed by atoms with van der Waals surface area (Å²) < 4.78 is 20.8. The van der Waals surface area contributed by atoms with Crippen LogP contribution < -0.4 is 26.8 Å². The van der Waals surface area contributed by atoms with Crippen LogP contribution in [0.25, 0.3) is 10.8 Å². The zero-order chi connectivity index (χ0) is 22.8. The smallest absolute Gasteiger partial charge is 0.275 e. The molecule has 33 heavy (non-hydrogen) atoms. The van der Waals surface area contributed by atoms with Crippen LogP contribution in [0.4, 0.5) is 27.4 Å². The minimum Gasteiger partial charge on any atom is -0.378 e. The molecule has 1 aromatic carbocycles. The minimum atomic E-state index is -0.603. The van der Waals surface area contributed by atoms with Gasteiger partial charge in [0.1, 0.15) is 5.82 Å². The fraction of sp³-hybridized carbons (Fsp3) is 0.435. The number of ether oxygens (including phenoxy) is 1. The average molecular weight is 454 g/mol. The second kappa shape index (κ2) is 9.32. The van der Waals surface area contributed by atoms with Crippen LogP contribution in [0.15, 0.2) is 35.3 Å². The van der Waals surface area contributed by atoms with Gasteiger partial charge in [0.05, 0.1) is 30.2 Å². The van der Waals surface area contributed by atoms with E-state index >= 15 is 4.39 Å². The molecule has 2 aromatic heterocycles. The first kappa shape index (κ1) is 21.6. The number of pyridine rings is 1. The SMILES string of the molecule is N[C@H]1CCCC[C@H]1Nc1nc(Nc2cccc(N3CCOCC3)c2)c2c(=O)[nH]ncc2c1F. The van der Waals surface area contributed by atoms with Gasteiger partial charge in [0, 0.05) is 36.5 Å². The van der Waals surface area contributed by atoms with Gasteiger partial charge in [-0.15, -0.1) is 0 Å². The fourth-order valence-corrected chi connectivity index (χ4v) is 4.58. The van der Waals surface area contributed by atoms with Crippen molar-refractivity contribution in [3.63, 3.8) is 0 Å². The van der Waals surface area contributed by atoms with Crippen LogP contribution in [-0.2, 0) is 4.74 Å². The lowest BCUT2D eigenvalue weighted by Gasteiger charge is -2.30. The number of hydrogen-bond acceptors (Lipinski definition) is 8. The normalized spacial score (nSPS) is 21.2. The Kier molecular flexibility index (Phi) is 6.10. The molecule has 0 unspecified atom stereocenters. The largest absolute Gasteiger partial charge is 0.378 e. The molecular formula is C23H28FN7O2. The van der Waals surface area contributed by atoms with E-state index in [1.807, 2.05) is 24.3 Å². The van der Waals surface area contributed by atoms with E-state index in [2.05, 4.69) is 30.7 Å². The van der Waals surface area contributed by atoms with Gasteiger partial charge in [-0.05, 0) is 31.0 Å². The van der Waals surface area contributed by atoms with Crippen molar-refractivity contribution in [2.75, 3.05) is 41.8 Å². The lowest BCUT2D eigenvalue weighted by Crippen LogP contribution is -2.43. The van der Waals surface area contributed by atoms with Gasteiger partial charge in [-0.3, -0.25) is 4.79 Å². The van der Waals surface area contributed by atoms with E-state index in [9.17, 15) is 4.79 Å². The first-order chi connectivity index (χ1) is 16.1. The van der Waals surface area contributed by atoms with Crippen molar-refractivity contribution in [2.24, 2.45) is 5.73 Å². The summed E-state index contributed by atoms with van der Waals surface area (Å²) in [7, 11) is 0. The number of halogens is 1. The molecule has 1 saturated heterocycles. The van der Waals surface area contributed by atoms with Crippen LogP contribution in [0.3, 0.4) is 0 Å². The van der Waals surface area contributed by atoms with Crippen LogP contribution in [0.1, 0.15) is 25.7 Å². The van der Waals surface area contributed by atoms with Crippen molar-refractivity contribution in [2.45, 2.75) is 37.8 Å². The Morgan fingerprint density at radius 3 is 2.82 bits per heavy atom. The van der Waals surface area contributed by atoms with Crippen molar-refractivity contribution < 1.29 is 9.13 Å². The number of nitrogens with two attached hydrogens (primary N) is 1. The molecule has 0 spiro atoms. The number of morpholine rings is 1. The first-order valence-corrected chi connectivity index (χ1v) is 11.4. The maximum atomic E-state index is 15.4. The number of benzene rings is 1. The van der Waals surface area contributed by atoms with Crippen molar-refractivity contribution in [3.05, 3.63) is 46.6 Å². The van der Waals surface area contributed by atoms with Crippen LogP contribution in [0.2, 0.25) is 0 Å². The number of rotatable bonds is 5. The zero-order valence-electron chi connectivity index (χ0n) is 18.3. The summed E-state index contributed by atoms with van der Waals surface area (Å²) in [5.41, 5.74) is 7.53. The number of fused-ring (bicyclic) bond motifs is 1. The molecular weight excluding hydrogens is 425 g/mol. The summed E-state index contributed by atoms with van der Waals surface area (Å²) in [6.07, 6.45) is 5.14. The van der Waals surface area contributed by atoms with Crippen LogP contribution in [0, 0.1) is 5.82 Å². The summed E-state index contributed by atoms with van der Waals surface area (Å²) in [6.45, 7) is 2.98. The van der Waals surface area contributed by atoms with E-state index in [1.165, 1.54) is 6.20 Å². The van der Waals surface area contributed by atoms with Gasteiger partial charge in [0.2, 0.25) is 0 Å². The van der Waals surface area contributed by atoms with Gasteiger partial charge in [0.15, 0.2) is 11.6 Å². The van der Waals surface area contributed by atoms with E-state index < -0.39 is 11.4 Å². The highest BCUT2D eigenvalue weighted by Gasteiger charge is 2.25. The molecule has 2 fully saturated rings. The predicted molar refractivity (Wildman–Crippen MR) is 127 cm³/mol.